The number of hydrogen-bond acceptors (Lipinski definition) is 3. The van der Waals surface area contributed by atoms with Crippen molar-refractivity contribution in [3.8, 4) is 0 Å². The van der Waals surface area contributed by atoms with E-state index in [2.05, 4.69) is 88.0 Å². The van der Waals surface area contributed by atoms with Crippen LogP contribution in [0, 0.1) is 11.8 Å². The maximum atomic E-state index is 12.2. The van der Waals surface area contributed by atoms with Crippen LogP contribution in [0.15, 0.2) is 73.3 Å². The van der Waals surface area contributed by atoms with Gasteiger partial charge in [0.05, 0.1) is 6.61 Å². The van der Waals surface area contributed by atoms with Gasteiger partial charge in [0.1, 0.15) is 0 Å². The van der Waals surface area contributed by atoms with Crippen molar-refractivity contribution in [1.82, 2.24) is 4.90 Å². The minimum absolute atomic E-state index is 0.0270. The summed E-state index contributed by atoms with van der Waals surface area (Å²) in [7, 11) is -2.52. The maximum Gasteiger partial charge on any atom is 0.409 e. The highest BCUT2D eigenvalue weighted by molar-refractivity contribution is 6.99. The minimum atomic E-state index is -2.52. The molecule has 33 heavy (non-hydrogen) atoms. The third-order valence-corrected chi connectivity index (χ3v) is 11.9. The van der Waals surface area contributed by atoms with Crippen molar-refractivity contribution < 1.29 is 14.0 Å². The van der Waals surface area contributed by atoms with E-state index in [0.717, 1.165) is 19.4 Å². The van der Waals surface area contributed by atoms with Crippen LogP contribution in [0.2, 0.25) is 5.04 Å². The van der Waals surface area contributed by atoms with Crippen LogP contribution in [0.3, 0.4) is 0 Å². The zero-order valence-corrected chi connectivity index (χ0v) is 21.6. The van der Waals surface area contributed by atoms with Gasteiger partial charge in [-0.2, -0.15) is 0 Å². The van der Waals surface area contributed by atoms with Crippen LogP contribution < -0.4 is 10.4 Å². The molecule has 1 heterocycles. The van der Waals surface area contributed by atoms with Crippen molar-refractivity contribution in [2.75, 3.05) is 26.3 Å². The van der Waals surface area contributed by atoms with Gasteiger partial charge in [0.2, 0.25) is 0 Å². The van der Waals surface area contributed by atoms with Crippen LogP contribution in [-0.2, 0) is 9.16 Å². The van der Waals surface area contributed by atoms with Crippen LogP contribution in [0.4, 0.5) is 4.79 Å². The number of benzene rings is 2. The zero-order chi connectivity index (χ0) is 23.9. The lowest BCUT2D eigenvalue weighted by Gasteiger charge is -2.44. The average Bonchev–Trinajstić information content (AvgIpc) is 2.82. The number of nitrogens with zero attached hydrogens (tertiary/aromatic N) is 1. The van der Waals surface area contributed by atoms with Crippen LogP contribution >= 0.6 is 0 Å². The van der Waals surface area contributed by atoms with Crippen molar-refractivity contribution in [2.24, 2.45) is 11.8 Å². The number of amides is 1. The summed E-state index contributed by atoms with van der Waals surface area (Å²) in [5, 5.41) is 2.59. The maximum absolute atomic E-state index is 12.2. The van der Waals surface area contributed by atoms with Crippen molar-refractivity contribution in [2.45, 2.75) is 45.6 Å². The summed E-state index contributed by atoms with van der Waals surface area (Å²) in [5.74, 6) is 0.706. The number of piperidine rings is 1. The lowest BCUT2D eigenvalue weighted by molar-refractivity contribution is 0.0761. The van der Waals surface area contributed by atoms with E-state index >= 15 is 0 Å². The van der Waals surface area contributed by atoms with E-state index in [9.17, 15) is 4.79 Å². The van der Waals surface area contributed by atoms with Crippen LogP contribution in [-0.4, -0.2) is 45.6 Å². The van der Waals surface area contributed by atoms with Gasteiger partial charge < -0.3 is 14.1 Å². The fourth-order valence-corrected chi connectivity index (χ4v) is 9.74. The largest absolute Gasteiger partial charge is 0.450 e. The SMILES string of the molecule is C=C[C@H]1CN(C(=O)OCC)CC[C@H]1CCO[Si](c1ccccc1)(c1ccccc1)C(C)(C)C. The first-order valence-corrected chi connectivity index (χ1v) is 14.0. The van der Waals surface area contributed by atoms with Crippen LogP contribution in [0.25, 0.3) is 0 Å². The predicted octanol–water partition coefficient (Wildman–Crippen LogP) is 5.23. The van der Waals surface area contributed by atoms with Gasteiger partial charge in [0.25, 0.3) is 8.32 Å². The first-order chi connectivity index (χ1) is 15.8. The summed E-state index contributed by atoms with van der Waals surface area (Å²) in [6.07, 6.45) is 3.68. The summed E-state index contributed by atoms with van der Waals surface area (Å²) in [6.45, 7) is 15.3. The molecular formula is C28H39NO3Si. The van der Waals surface area contributed by atoms with Gasteiger partial charge in [0.15, 0.2) is 0 Å². The molecule has 0 bridgehead atoms. The lowest BCUT2D eigenvalue weighted by Crippen LogP contribution is -2.66. The Balaban J connectivity index is 1.80. The number of likely N-dealkylation sites (tertiary alicyclic amines) is 1. The van der Waals surface area contributed by atoms with E-state index in [1.165, 1.54) is 10.4 Å². The third-order valence-electron chi connectivity index (χ3n) is 6.86. The third kappa shape index (κ3) is 5.59. The number of carbonyl (C=O) groups excluding carboxylic acids is 1. The summed E-state index contributed by atoms with van der Waals surface area (Å²) >= 11 is 0. The molecule has 1 fully saturated rings. The Kier molecular flexibility index (Phi) is 8.55. The average molecular weight is 466 g/mol. The fourth-order valence-electron chi connectivity index (χ4n) is 5.16. The van der Waals surface area contributed by atoms with E-state index in [1.54, 1.807) is 0 Å². The quantitative estimate of drug-likeness (QED) is 0.396. The Labute approximate surface area is 200 Å². The molecule has 0 unspecified atom stereocenters. The minimum Gasteiger partial charge on any atom is -0.450 e. The van der Waals surface area contributed by atoms with Crippen molar-refractivity contribution in [1.29, 1.82) is 0 Å². The molecule has 0 aromatic heterocycles. The highest BCUT2D eigenvalue weighted by Crippen LogP contribution is 2.37. The molecule has 0 N–H and O–H groups in total. The number of ether oxygens (including phenoxy) is 1. The molecule has 2 aromatic carbocycles. The molecule has 0 saturated carbocycles. The van der Waals surface area contributed by atoms with Gasteiger partial charge in [-0.1, -0.05) is 87.5 Å². The first-order valence-electron chi connectivity index (χ1n) is 12.1. The molecule has 3 rings (SSSR count). The van der Waals surface area contributed by atoms with E-state index in [4.69, 9.17) is 9.16 Å². The summed E-state index contributed by atoms with van der Waals surface area (Å²) < 4.78 is 12.3. The monoisotopic (exact) mass is 465 g/mol. The molecule has 4 nitrogen and oxygen atoms in total. The molecule has 0 radical (unpaired) electrons. The van der Waals surface area contributed by atoms with Crippen LogP contribution in [0.1, 0.15) is 40.5 Å². The molecule has 0 aliphatic carbocycles. The highest BCUT2D eigenvalue weighted by atomic mass is 28.4. The fraction of sp³-hybridized carbons (Fsp3) is 0.464. The summed E-state index contributed by atoms with van der Waals surface area (Å²) in [5.41, 5.74) is 0. The predicted molar refractivity (Wildman–Crippen MR) is 139 cm³/mol. The van der Waals surface area contributed by atoms with E-state index in [-0.39, 0.29) is 17.0 Å². The Morgan fingerprint density at radius 1 is 1.09 bits per heavy atom. The van der Waals surface area contributed by atoms with E-state index in [1.807, 2.05) is 17.9 Å². The Morgan fingerprint density at radius 2 is 1.67 bits per heavy atom. The lowest BCUT2D eigenvalue weighted by atomic mass is 9.83. The highest BCUT2D eigenvalue weighted by Gasteiger charge is 2.50. The number of rotatable bonds is 8. The van der Waals surface area contributed by atoms with Crippen molar-refractivity contribution in [3.63, 3.8) is 0 Å². The second-order valence-corrected chi connectivity index (χ2v) is 14.2. The van der Waals surface area contributed by atoms with E-state index < -0.39 is 8.32 Å². The van der Waals surface area contributed by atoms with Gasteiger partial charge >= 0.3 is 6.09 Å². The van der Waals surface area contributed by atoms with Crippen LogP contribution in [0.5, 0.6) is 0 Å². The number of carbonyl (C=O) groups is 1. The smallest absolute Gasteiger partial charge is 0.409 e. The van der Waals surface area contributed by atoms with Gasteiger partial charge in [-0.3, -0.25) is 0 Å². The van der Waals surface area contributed by atoms with Crippen molar-refractivity contribution in [3.05, 3.63) is 73.3 Å². The Morgan fingerprint density at radius 3 is 2.15 bits per heavy atom. The molecule has 0 spiro atoms. The molecular weight excluding hydrogens is 426 g/mol. The summed E-state index contributed by atoms with van der Waals surface area (Å²) in [6, 6.07) is 21.5. The van der Waals surface area contributed by atoms with Gasteiger partial charge in [0, 0.05) is 19.7 Å². The molecule has 178 valence electrons. The second-order valence-electron chi connectivity index (χ2n) is 9.89. The topological polar surface area (TPSA) is 38.8 Å². The van der Waals surface area contributed by atoms with Gasteiger partial charge in [-0.05, 0) is 47.0 Å². The molecule has 1 saturated heterocycles. The molecule has 1 aliphatic heterocycles. The Bertz CT molecular complexity index is 855. The summed E-state index contributed by atoms with van der Waals surface area (Å²) in [4.78, 5) is 14.0. The normalized spacial score (nSPS) is 19.2. The molecule has 2 aromatic rings. The molecule has 2 atom stereocenters. The van der Waals surface area contributed by atoms with E-state index in [0.29, 0.717) is 25.7 Å². The molecule has 1 amide bonds. The standard InChI is InChI=1S/C28H39NO3Si/c1-6-23-22-29(27(30)31-7-2)20-18-24(23)19-21-32-33(28(3,4)5,25-14-10-8-11-15-25)26-16-12-9-13-17-26/h6,8-17,23-24H,1,7,18-22H2,2-5H3/t23-,24-/m0/s1. The molecule has 5 heteroatoms. The van der Waals surface area contributed by atoms with Gasteiger partial charge in [-0.15, -0.1) is 6.58 Å². The number of hydrogen-bond donors (Lipinski definition) is 0. The second kappa shape index (κ2) is 11.2. The zero-order valence-electron chi connectivity index (χ0n) is 20.6. The Hall–Kier alpha value is -2.37. The van der Waals surface area contributed by atoms with Gasteiger partial charge in [-0.25, -0.2) is 4.79 Å². The molecule has 1 aliphatic rings. The first kappa shape index (κ1) is 25.3. The van der Waals surface area contributed by atoms with Crippen molar-refractivity contribution >= 4 is 24.8 Å².